The normalized spacial score (nSPS) is 23.8. The van der Waals surface area contributed by atoms with E-state index in [-0.39, 0.29) is 11.5 Å². The van der Waals surface area contributed by atoms with Crippen LogP contribution >= 0.6 is 0 Å². The molecule has 0 bridgehead atoms. The standard InChI is InChI=1S/C12H15NO.C8H13N3O/c1-9-4-3-5-10-11(9)13-7-6-12(10,2)8-14;1-11-8(9)6-4-5(12)2-3-7(6)10-11/h3-5,8,13H,6-7H2,1-2H3;5,12H,2-4,9H2,1H3. The summed E-state index contributed by atoms with van der Waals surface area (Å²) in [5.74, 6) is 0.698. The average molecular weight is 356 g/mol. The van der Waals surface area contributed by atoms with Crippen molar-refractivity contribution in [3.8, 4) is 0 Å². The van der Waals surface area contributed by atoms with Gasteiger partial charge in [0.05, 0.1) is 17.2 Å². The molecule has 2 unspecified atom stereocenters. The molecule has 1 aromatic heterocycles. The molecule has 2 aliphatic rings. The largest absolute Gasteiger partial charge is 0.393 e. The quantitative estimate of drug-likeness (QED) is 0.681. The fourth-order valence-electron chi connectivity index (χ4n) is 3.79. The third kappa shape index (κ3) is 3.33. The number of benzene rings is 1. The molecule has 2 atom stereocenters. The summed E-state index contributed by atoms with van der Waals surface area (Å²) in [4.78, 5) is 11.1. The molecule has 6 heteroatoms. The van der Waals surface area contributed by atoms with Crippen LogP contribution in [-0.4, -0.2) is 33.8 Å². The first-order chi connectivity index (χ1) is 12.4. The zero-order valence-corrected chi connectivity index (χ0v) is 15.7. The lowest BCUT2D eigenvalue weighted by molar-refractivity contribution is -0.112. The molecular weight excluding hydrogens is 328 g/mol. The van der Waals surface area contributed by atoms with Crippen LogP contribution in [0.15, 0.2) is 18.2 Å². The number of aliphatic hydroxyl groups excluding tert-OH is 1. The van der Waals surface area contributed by atoms with Crippen molar-refractivity contribution >= 4 is 17.8 Å². The smallest absolute Gasteiger partial charge is 0.130 e. The topological polar surface area (TPSA) is 93.2 Å². The van der Waals surface area contributed by atoms with Crippen molar-refractivity contribution in [1.82, 2.24) is 9.78 Å². The van der Waals surface area contributed by atoms with Gasteiger partial charge in [-0.15, -0.1) is 0 Å². The molecule has 0 radical (unpaired) electrons. The van der Waals surface area contributed by atoms with Gasteiger partial charge in [-0.3, -0.25) is 4.68 Å². The zero-order valence-electron chi connectivity index (χ0n) is 15.7. The highest BCUT2D eigenvalue weighted by Gasteiger charge is 2.32. The van der Waals surface area contributed by atoms with E-state index in [2.05, 4.69) is 23.4 Å². The van der Waals surface area contributed by atoms with E-state index in [0.717, 1.165) is 54.6 Å². The lowest BCUT2D eigenvalue weighted by Gasteiger charge is -2.32. The number of nitrogens with two attached hydrogens (primary N) is 1. The minimum atomic E-state index is -0.299. The Balaban J connectivity index is 0.000000152. The molecule has 26 heavy (non-hydrogen) atoms. The lowest BCUT2D eigenvalue weighted by Crippen LogP contribution is -2.32. The molecule has 0 amide bonds. The molecule has 4 rings (SSSR count). The Labute approximate surface area is 154 Å². The van der Waals surface area contributed by atoms with Crippen LogP contribution in [0.4, 0.5) is 11.5 Å². The molecule has 2 heterocycles. The van der Waals surface area contributed by atoms with Gasteiger partial charge in [0, 0.05) is 31.3 Å². The SMILES string of the molecule is Cc1cccc2c1NCCC2(C)C=O.Cn1nc2c(c1N)CC(O)CC2. The van der Waals surface area contributed by atoms with Gasteiger partial charge < -0.3 is 21.0 Å². The Morgan fingerprint density at radius 1 is 1.46 bits per heavy atom. The van der Waals surface area contributed by atoms with E-state index in [9.17, 15) is 9.90 Å². The molecule has 2 aromatic rings. The number of carbonyl (C=O) groups excluding carboxylic acids is 1. The summed E-state index contributed by atoms with van der Waals surface area (Å²) in [6.45, 7) is 4.97. The molecule has 6 nitrogen and oxygen atoms in total. The number of nitrogens with zero attached hydrogens (tertiary/aromatic N) is 2. The molecule has 140 valence electrons. The Bertz CT molecular complexity index is 814. The summed E-state index contributed by atoms with van der Waals surface area (Å²) < 4.78 is 1.68. The summed E-state index contributed by atoms with van der Waals surface area (Å²) in [5, 5.41) is 17.0. The molecular formula is C20H28N4O2. The van der Waals surface area contributed by atoms with E-state index >= 15 is 0 Å². The van der Waals surface area contributed by atoms with Crippen LogP contribution in [-0.2, 0) is 30.1 Å². The third-order valence-electron chi connectivity index (χ3n) is 5.53. The second-order valence-electron chi connectivity index (χ2n) is 7.54. The summed E-state index contributed by atoms with van der Waals surface area (Å²) in [6.07, 6.45) is 4.04. The fourth-order valence-corrected chi connectivity index (χ4v) is 3.79. The van der Waals surface area contributed by atoms with Crippen LogP contribution in [0.1, 0.15) is 42.1 Å². The maximum absolute atomic E-state index is 11.1. The van der Waals surface area contributed by atoms with Crippen molar-refractivity contribution in [3.63, 3.8) is 0 Å². The third-order valence-corrected chi connectivity index (χ3v) is 5.53. The number of para-hydroxylation sites is 1. The van der Waals surface area contributed by atoms with Gasteiger partial charge in [0.2, 0.25) is 0 Å². The Morgan fingerprint density at radius 2 is 2.23 bits per heavy atom. The molecule has 0 spiro atoms. The van der Waals surface area contributed by atoms with Crippen molar-refractivity contribution in [1.29, 1.82) is 0 Å². The Morgan fingerprint density at radius 3 is 2.96 bits per heavy atom. The lowest BCUT2D eigenvalue weighted by atomic mass is 9.77. The summed E-state index contributed by atoms with van der Waals surface area (Å²) in [5.41, 5.74) is 11.1. The van der Waals surface area contributed by atoms with E-state index in [4.69, 9.17) is 5.73 Å². The van der Waals surface area contributed by atoms with Gasteiger partial charge in [-0.2, -0.15) is 5.10 Å². The number of fused-ring (bicyclic) bond motifs is 2. The maximum atomic E-state index is 11.1. The number of aromatic nitrogens is 2. The molecule has 0 fully saturated rings. The highest BCUT2D eigenvalue weighted by atomic mass is 16.3. The van der Waals surface area contributed by atoms with Crippen molar-refractivity contribution in [2.45, 2.75) is 51.0 Å². The highest BCUT2D eigenvalue weighted by molar-refractivity contribution is 5.76. The van der Waals surface area contributed by atoms with Crippen LogP contribution in [0, 0.1) is 6.92 Å². The molecule has 1 aliphatic heterocycles. The minimum Gasteiger partial charge on any atom is -0.393 e. The number of anilines is 2. The van der Waals surface area contributed by atoms with Crippen molar-refractivity contribution in [3.05, 3.63) is 40.6 Å². The summed E-state index contributed by atoms with van der Waals surface area (Å²) >= 11 is 0. The Hall–Kier alpha value is -2.34. The maximum Gasteiger partial charge on any atom is 0.130 e. The number of nitrogens with one attached hydrogen (secondary N) is 1. The van der Waals surface area contributed by atoms with Gasteiger partial charge >= 0.3 is 0 Å². The molecule has 0 saturated heterocycles. The van der Waals surface area contributed by atoms with Crippen LogP contribution in [0.2, 0.25) is 0 Å². The minimum absolute atomic E-state index is 0.232. The molecule has 4 N–H and O–H groups in total. The summed E-state index contributed by atoms with van der Waals surface area (Å²) in [6, 6.07) is 6.13. The number of carbonyl (C=O) groups is 1. The number of nitrogen functional groups attached to an aromatic ring is 1. The van der Waals surface area contributed by atoms with Crippen molar-refractivity contribution in [2.75, 3.05) is 17.6 Å². The zero-order chi connectivity index (χ0) is 18.9. The molecule has 1 aliphatic carbocycles. The van der Waals surface area contributed by atoms with E-state index in [0.29, 0.717) is 12.2 Å². The first kappa shape index (κ1) is 18.5. The second kappa shape index (κ2) is 7.11. The van der Waals surface area contributed by atoms with Crippen molar-refractivity contribution < 1.29 is 9.90 Å². The van der Waals surface area contributed by atoms with E-state index in [1.807, 2.05) is 26.1 Å². The first-order valence-electron chi connectivity index (χ1n) is 9.14. The van der Waals surface area contributed by atoms with E-state index in [1.54, 1.807) is 4.68 Å². The van der Waals surface area contributed by atoms with Gasteiger partial charge in [0.15, 0.2) is 0 Å². The molecule has 1 aromatic carbocycles. The molecule has 0 saturated carbocycles. The van der Waals surface area contributed by atoms with Crippen LogP contribution in [0.5, 0.6) is 0 Å². The van der Waals surface area contributed by atoms with Crippen LogP contribution in [0.25, 0.3) is 0 Å². The van der Waals surface area contributed by atoms with Crippen LogP contribution in [0.3, 0.4) is 0 Å². The number of aliphatic hydroxyl groups is 1. The van der Waals surface area contributed by atoms with Gasteiger partial charge in [-0.1, -0.05) is 18.2 Å². The Kier molecular flexibility index (Phi) is 5.05. The predicted molar refractivity (Wildman–Crippen MR) is 103 cm³/mol. The summed E-state index contributed by atoms with van der Waals surface area (Å²) in [7, 11) is 1.83. The second-order valence-corrected chi connectivity index (χ2v) is 7.54. The monoisotopic (exact) mass is 356 g/mol. The number of hydrogen-bond acceptors (Lipinski definition) is 5. The van der Waals surface area contributed by atoms with Gasteiger partial charge in [0.25, 0.3) is 0 Å². The first-order valence-corrected chi connectivity index (χ1v) is 9.14. The van der Waals surface area contributed by atoms with Crippen LogP contribution < -0.4 is 11.1 Å². The van der Waals surface area contributed by atoms with Gasteiger partial charge in [-0.05, 0) is 44.2 Å². The highest BCUT2D eigenvalue weighted by Crippen LogP contribution is 2.36. The number of rotatable bonds is 1. The number of aldehydes is 1. The van der Waals surface area contributed by atoms with E-state index < -0.39 is 0 Å². The number of aryl methyl sites for hydroxylation is 3. The average Bonchev–Trinajstić information content (AvgIpc) is 2.91. The van der Waals surface area contributed by atoms with Gasteiger partial charge in [-0.25, -0.2) is 0 Å². The predicted octanol–water partition coefficient (Wildman–Crippen LogP) is 2.12. The number of hydrogen-bond donors (Lipinski definition) is 3. The fraction of sp³-hybridized carbons (Fsp3) is 0.500. The van der Waals surface area contributed by atoms with Gasteiger partial charge in [0.1, 0.15) is 12.1 Å². The van der Waals surface area contributed by atoms with E-state index in [1.165, 1.54) is 5.56 Å². The van der Waals surface area contributed by atoms with Crippen molar-refractivity contribution in [2.24, 2.45) is 7.05 Å².